The molecule has 4 aromatic rings. The molecule has 3 aromatic carbocycles. The third-order valence-electron chi connectivity index (χ3n) is 7.64. The first-order valence-electron chi connectivity index (χ1n) is 13.5. The van der Waals surface area contributed by atoms with Gasteiger partial charge in [0.25, 0.3) is 5.91 Å². The standard InChI is InChI=1S/C29H25BF4N2O6S/c1-35-28(37)25-21-12-20(16-2-3-16)23(13-24(21)42-27(25)17-4-6-19(31)7-5-17)36-43(39,40)9-8-15-10-18-14-41-30(38)26(18)22(11-15)29(32,33)34/h4-7,10-13,16,36,38H,2-3,8-9,14H2,1H3,(H,35,37). The van der Waals surface area contributed by atoms with Gasteiger partial charge in [0.1, 0.15) is 17.2 Å². The van der Waals surface area contributed by atoms with Crippen molar-refractivity contribution < 1.29 is 44.9 Å². The number of fused-ring (bicyclic) bond motifs is 2. The molecule has 1 aliphatic heterocycles. The number of hydrogen-bond acceptors (Lipinski definition) is 6. The number of benzene rings is 3. The van der Waals surface area contributed by atoms with Crippen LogP contribution in [0.5, 0.6) is 0 Å². The molecule has 0 radical (unpaired) electrons. The Morgan fingerprint density at radius 3 is 2.49 bits per heavy atom. The van der Waals surface area contributed by atoms with Crippen LogP contribution in [0.1, 0.15) is 51.4 Å². The summed E-state index contributed by atoms with van der Waals surface area (Å²) >= 11 is 0. The zero-order chi connectivity index (χ0) is 30.7. The summed E-state index contributed by atoms with van der Waals surface area (Å²) in [6, 6.07) is 10.9. The molecule has 2 aliphatic rings. The fourth-order valence-electron chi connectivity index (χ4n) is 5.43. The number of alkyl halides is 3. The Morgan fingerprint density at radius 2 is 1.84 bits per heavy atom. The van der Waals surface area contributed by atoms with E-state index in [-0.39, 0.29) is 58.1 Å². The van der Waals surface area contributed by atoms with Gasteiger partial charge in [-0.1, -0.05) is 6.07 Å². The number of carbonyl (C=O) groups is 1. The van der Waals surface area contributed by atoms with E-state index in [2.05, 4.69) is 10.0 Å². The number of rotatable bonds is 8. The lowest BCUT2D eigenvalue weighted by Crippen LogP contribution is -2.35. The third kappa shape index (κ3) is 5.74. The average Bonchev–Trinajstić information content (AvgIpc) is 3.64. The first-order valence-corrected chi connectivity index (χ1v) is 15.1. The minimum absolute atomic E-state index is 0.0429. The van der Waals surface area contributed by atoms with Crippen LogP contribution in [-0.4, -0.2) is 39.3 Å². The molecule has 1 aliphatic carbocycles. The molecule has 2 heterocycles. The number of sulfonamides is 1. The van der Waals surface area contributed by atoms with Crippen molar-refractivity contribution in [3.05, 3.63) is 82.2 Å². The van der Waals surface area contributed by atoms with Gasteiger partial charge in [0.2, 0.25) is 10.0 Å². The number of carbonyl (C=O) groups excluding carboxylic acids is 1. The van der Waals surface area contributed by atoms with Crippen molar-refractivity contribution in [2.24, 2.45) is 0 Å². The Labute approximate surface area is 244 Å². The highest BCUT2D eigenvalue weighted by Gasteiger charge is 2.41. The summed E-state index contributed by atoms with van der Waals surface area (Å²) < 4.78 is 94.6. The summed E-state index contributed by atoms with van der Waals surface area (Å²) in [5.74, 6) is -1.17. The van der Waals surface area contributed by atoms with Gasteiger partial charge in [-0.05, 0) is 83.7 Å². The van der Waals surface area contributed by atoms with Gasteiger partial charge in [-0.25, -0.2) is 12.8 Å². The molecule has 1 amide bonds. The summed E-state index contributed by atoms with van der Waals surface area (Å²) in [5, 5.41) is 12.9. The van der Waals surface area contributed by atoms with Gasteiger partial charge >= 0.3 is 13.3 Å². The minimum atomic E-state index is -4.76. The summed E-state index contributed by atoms with van der Waals surface area (Å²) in [4.78, 5) is 12.9. The maximum absolute atomic E-state index is 13.7. The van der Waals surface area contributed by atoms with Crippen LogP contribution in [0.2, 0.25) is 0 Å². The molecule has 0 unspecified atom stereocenters. The van der Waals surface area contributed by atoms with Crippen LogP contribution in [0.3, 0.4) is 0 Å². The van der Waals surface area contributed by atoms with Crippen molar-refractivity contribution >= 4 is 45.2 Å². The van der Waals surface area contributed by atoms with Crippen molar-refractivity contribution in [2.75, 3.05) is 17.5 Å². The fourth-order valence-corrected chi connectivity index (χ4v) is 6.55. The van der Waals surface area contributed by atoms with Crippen LogP contribution >= 0.6 is 0 Å². The molecule has 0 saturated heterocycles. The van der Waals surface area contributed by atoms with Gasteiger partial charge in [-0.3, -0.25) is 9.52 Å². The van der Waals surface area contributed by atoms with E-state index in [1.807, 2.05) is 0 Å². The number of halogens is 4. The molecule has 6 rings (SSSR count). The zero-order valence-corrected chi connectivity index (χ0v) is 23.5. The van der Waals surface area contributed by atoms with Crippen molar-refractivity contribution in [1.29, 1.82) is 0 Å². The molecule has 0 spiro atoms. The highest BCUT2D eigenvalue weighted by atomic mass is 32.2. The Bertz CT molecular complexity index is 1850. The molecule has 43 heavy (non-hydrogen) atoms. The Kier molecular flexibility index (Phi) is 7.26. The maximum Gasteiger partial charge on any atom is 0.492 e. The Hall–Kier alpha value is -3.88. The van der Waals surface area contributed by atoms with Crippen molar-refractivity contribution in [1.82, 2.24) is 5.32 Å². The smallest absolute Gasteiger partial charge is 0.455 e. The molecule has 224 valence electrons. The zero-order valence-electron chi connectivity index (χ0n) is 22.7. The topological polar surface area (TPSA) is 118 Å². The van der Waals surface area contributed by atoms with Gasteiger partial charge in [0, 0.05) is 24.1 Å². The SMILES string of the molecule is CNC(=O)c1c(-c2ccc(F)cc2)oc2cc(NS(=O)(=O)CCc3cc4c(c(C(F)(F)F)c3)B(O)OC4)c(C3CC3)cc12. The molecule has 3 N–H and O–H groups in total. The second-order valence-corrected chi connectivity index (χ2v) is 12.5. The van der Waals surface area contributed by atoms with Crippen LogP contribution in [0.25, 0.3) is 22.3 Å². The van der Waals surface area contributed by atoms with E-state index in [1.54, 1.807) is 6.07 Å². The number of nitrogens with one attached hydrogen (secondary N) is 2. The second kappa shape index (κ2) is 10.7. The number of hydrogen-bond donors (Lipinski definition) is 3. The average molecular weight is 616 g/mol. The van der Waals surface area contributed by atoms with Crippen LogP contribution in [-0.2, 0) is 33.9 Å². The molecular formula is C29H25BF4N2O6S. The molecular weight excluding hydrogens is 591 g/mol. The van der Waals surface area contributed by atoms with E-state index in [0.717, 1.165) is 18.9 Å². The lowest BCUT2D eigenvalue weighted by molar-refractivity contribution is -0.136. The predicted molar refractivity (Wildman–Crippen MR) is 152 cm³/mol. The lowest BCUT2D eigenvalue weighted by Gasteiger charge is -2.15. The molecule has 0 atom stereocenters. The highest BCUT2D eigenvalue weighted by molar-refractivity contribution is 7.92. The first-order chi connectivity index (χ1) is 20.3. The van der Waals surface area contributed by atoms with E-state index < -0.39 is 46.4 Å². The van der Waals surface area contributed by atoms with Gasteiger partial charge in [-0.2, -0.15) is 13.2 Å². The second-order valence-electron chi connectivity index (χ2n) is 10.7. The fraction of sp³-hybridized carbons (Fsp3) is 0.276. The molecule has 1 aromatic heterocycles. The predicted octanol–water partition coefficient (Wildman–Crippen LogP) is 4.70. The van der Waals surface area contributed by atoms with Gasteiger partial charge in [0.15, 0.2) is 0 Å². The van der Waals surface area contributed by atoms with E-state index in [1.165, 1.54) is 43.4 Å². The number of anilines is 1. The molecule has 8 nitrogen and oxygen atoms in total. The first kappa shape index (κ1) is 29.2. The molecule has 0 bridgehead atoms. The summed E-state index contributed by atoms with van der Waals surface area (Å²) in [5.41, 5.74) is 0.709. The normalized spacial score (nSPS) is 15.2. The van der Waals surface area contributed by atoms with E-state index in [0.29, 0.717) is 16.5 Å². The Balaban J connectivity index is 1.33. The third-order valence-corrected chi connectivity index (χ3v) is 8.91. The Morgan fingerprint density at radius 1 is 1.12 bits per heavy atom. The van der Waals surface area contributed by atoms with Crippen LogP contribution in [0, 0.1) is 5.82 Å². The van der Waals surface area contributed by atoms with Crippen molar-refractivity contribution in [2.45, 2.75) is 38.0 Å². The van der Waals surface area contributed by atoms with Gasteiger partial charge in [0.05, 0.1) is 29.2 Å². The maximum atomic E-state index is 13.7. The van der Waals surface area contributed by atoms with E-state index in [9.17, 15) is 35.8 Å². The number of furan rings is 1. The van der Waals surface area contributed by atoms with Crippen LogP contribution < -0.4 is 15.5 Å². The summed E-state index contributed by atoms with van der Waals surface area (Å²) in [6.45, 7) is -0.218. The summed E-state index contributed by atoms with van der Waals surface area (Å²) in [6.07, 6.45) is -3.37. The molecule has 1 fully saturated rings. The van der Waals surface area contributed by atoms with Crippen molar-refractivity contribution in [3.8, 4) is 11.3 Å². The summed E-state index contributed by atoms with van der Waals surface area (Å²) in [7, 11) is -4.29. The van der Waals surface area contributed by atoms with Gasteiger partial charge in [-0.15, -0.1) is 0 Å². The number of aryl methyl sites for hydroxylation is 1. The number of amides is 1. The van der Waals surface area contributed by atoms with Gasteiger partial charge < -0.3 is 19.4 Å². The van der Waals surface area contributed by atoms with E-state index in [4.69, 9.17) is 9.07 Å². The molecule has 14 heteroatoms. The van der Waals surface area contributed by atoms with E-state index >= 15 is 0 Å². The molecule has 1 saturated carbocycles. The largest absolute Gasteiger partial charge is 0.492 e. The lowest BCUT2D eigenvalue weighted by atomic mass is 9.75. The van der Waals surface area contributed by atoms with Crippen molar-refractivity contribution in [3.63, 3.8) is 0 Å². The van der Waals surface area contributed by atoms with Crippen LogP contribution in [0.15, 0.2) is 52.9 Å². The quantitative estimate of drug-likeness (QED) is 0.195. The monoisotopic (exact) mass is 616 g/mol. The minimum Gasteiger partial charge on any atom is -0.455 e. The van der Waals surface area contributed by atoms with Crippen LogP contribution in [0.4, 0.5) is 23.2 Å². The highest BCUT2D eigenvalue weighted by Crippen LogP contribution is 2.47.